The summed E-state index contributed by atoms with van der Waals surface area (Å²) in [6.45, 7) is 1.84. The Labute approximate surface area is 104 Å². The lowest BCUT2D eigenvalue weighted by Crippen LogP contribution is -2.17. The van der Waals surface area contributed by atoms with Crippen LogP contribution in [0.25, 0.3) is 0 Å². The zero-order valence-corrected chi connectivity index (χ0v) is 10.5. The number of aromatic nitrogens is 1. The van der Waals surface area contributed by atoms with Gasteiger partial charge >= 0.3 is 0 Å². The second-order valence-corrected chi connectivity index (χ2v) is 5.43. The second kappa shape index (κ2) is 5.63. The molecule has 0 bridgehead atoms. The number of pyridine rings is 1. The number of hydrogen-bond acceptors (Lipinski definition) is 6. The number of unbranched alkanes of at least 4 members (excludes halogenated alkanes) is 1. The standard InChI is InChI=1S/C9H13N3O5S/c1-2-3-4-18(16,17)11-9-8(13)5-7(6-10-9)12(14)15/h5-6,13H,2-4H2,1H3,(H,10,11). The van der Waals surface area contributed by atoms with Crippen molar-refractivity contribution >= 4 is 21.5 Å². The Morgan fingerprint density at radius 2 is 2.22 bits per heavy atom. The van der Waals surface area contributed by atoms with Crippen LogP contribution in [0.15, 0.2) is 12.3 Å². The highest BCUT2D eigenvalue weighted by atomic mass is 32.2. The predicted molar refractivity (Wildman–Crippen MR) is 64.9 cm³/mol. The molecule has 0 aromatic carbocycles. The largest absolute Gasteiger partial charge is 0.504 e. The van der Waals surface area contributed by atoms with E-state index in [2.05, 4.69) is 9.71 Å². The first-order valence-corrected chi connectivity index (χ1v) is 6.85. The van der Waals surface area contributed by atoms with Crippen molar-refractivity contribution in [1.82, 2.24) is 4.98 Å². The molecule has 0 radical (unpaired) electrons. The summed E-state index contributed by atoms with van der Waals surface area (Å²) in [5.74, 6) is -0.984. The maximum Gasteiger partial charge on any atom is 0.291 e. The van der Waals surface area contributed by atoms with Crippen LogP contribution >= 0.6 is 0 Å². The SMILES string of the molecule is CCCCS(=O)(=O)Nc1ncc([N+](=O)[O-])cc1O. The lowest BCUT2D eigenvalue weighted by atomic mass is 10.4. The minimum atomic E-state index is -3.59. The molecule has 18 heavy (non-hydrogen) atoms. The third-order valence-electron chi connectivity index (χ3n) is 2.08. The Balaban J connectivity index is 2.89. The monoisotopic (exact) mass is 275 g/mol. The fraction of sp³-hybridized carbons (Fsp3) is 0.444. The van der Waals surface area contributed by atoms with Crippen LogP contribution in [-0.4, -0.2) is 29.2 Å². The number of nitro groups is 1. The van der Waals surface area contributed by atoms with Gasteiger partial charge in [-0.15, -0.1) is 0 Å². The first-order valence-electron chi connectivity index (χ1n) is 5.19. The predicted octanol–water partition coefficient (Wildman–Crippen LogP) is 1.24. The van der Waals surface area contributed by atoms with Crippen molar-refractivity contribution in [3.05, 3.63) is 22.4 Å². The summed E-state index contributed by atoms with van der Waals surface area (Å²) in [4.78, 5) is 13.2. The van der Waals surface area contributed by atoms with Crippen molar-refractivity contribution in [2.24, 2.45) is 0 Å². The molecule has 0 atom stereocenters. The number of aromatic hydroxyl groups is 1. The summed E-state index contributed by atoms with van der Waals surface area (Å²) >= 11 is 0. The maximum absolute atomic E-state index is 11.5. The maximum atomic E-state index is 11.5. The summed E-state index contributed by atoms with van der Waals surface area (Å²) in [6, 6.07) is 0.838. The quantitative estimate of drug-likeness (QED) is 0.594. The minimum Gasteiger partial charge on any atom is -0.504 e. The Kier molecular flexibility index (Phi) is 4.43. The van der Waals surface area contributed by atoms with Crippen molar-refractivity contribution in [2.75, 3.05) is 10.5 Å². The number of nitrogens with zero attached hydrogens (tertiary/aromatic N) is 2. The summed E-state index contributed by atoms with van der Waals surface area (Å²) in [6.07, 6.45) is 2.06. The van der Waals surface area contributed by atoms with Crippen LogP contribution in [-0.2, 0) is 10.0 Å². The van der Waals surface area contributed by atoms with Crippen LogP contribution in [0.1, 0.15) is 19.8 Å². The molecule has 1 heterocycles. The molecule has 1 aromatic heterocycles. The molecule has 0 aliphatic heterocycles. The summed E-state index contributed by atoms with van der Waals surface area (Å²) in [5, 5.41) is 19.8. The first kappa shape index (κ1) is 14.2. The highest BCUT2D eigenvalue weighted by molar-refractivity contribution is 7.92. The van der Waals surface area contributed by atoms with Gasteiger partial charge in [-0.1, -0.05) is 13.3 Å². The van der Waals surface area contributed by atoms with E-state index in [4.69, 9.17) is 0 Å². The molecule has 0 spiro atoms. The zero-order chi connectivity index (χ0) is 13.8. The lowest BCUT2D eigenvalue weighted by Gasteiger charge is -2.07. The lowest BCUT2D eigenvalue weighted by molar-refractivity contribution is -0.385. The molecule has 9 heteroatoms. The van der Waals surface area contributed by atoms with Gasteiger partial charge in [0, 0.05) is 0 Å². The number of anilines is 1. The van der Waals surface area contributed by atoms with E-state index in [-0.39, 0.29) is 11.6 Å². The van der Waals surface area contributed by atoms with E-state index in [0.29, 0.717) is 12.8 Å². The minimum absolute atomic E-state index is 0.0956. The molecule has 1 aromatic rings. The molecule has 0 unspecified atom stereocenters. The van der Waals surface area contributed by atoms with Crippen molar-refractivity contribution in [2.45, 2.75) is 19.8 Å². The van der Waals surface area contributed by atoms with Crippen molar-refractivity contribution in [3.8, 4) is 5.75 Å². The Hall–Kier alpha value is -1.90. The van der Waals surface area contributed by atoms with Gasteiger partial charge in [0.15, 0.2) is 11.6 Å². The van der Waals surface area contributed by atoms with E-state index in [0.717, 1.165) is 12.3 Å². The van der Waals surface area contributed by atoms with E-state index in [1.54, 1.807) is 0 Å². The molecule has 0 aliphatic carbocycles. The van der Waals surface area contributed by atoms with Gasteiger partial charge < -0.3 is 5.11 Å². The van der Waals surface area contributed by atoms with Gasteiger partial charge in [-0.05, 0) is 6.42 Å². The first-order chi connectivity index (χ1) is 8.35. The van der Waals surface area contributed by atoms with Gasteiger partial charge in [-0.25, -0.2) is 13.4 Å². The van der Waals surface area contributed by atoms with Crippen LogP contribution in [0.5, 0.6) is 5.75 Å². The number of nitrogens with one attached hydrogen (secondary N) is 1. The summed E-state index contributed by atoms with van der Waals surface area (Å²) in [5.41, 5.74) is -0.413. The summed E-state index contributed by atoms with van der Waals surface area (Å²) in [7, 11) is -3.59. The molecular formula is C9H13N3O5S. The van der Waals surface area contributed by atoms with E-state index in [1.807, 2.05) is 6.92 Å². The average Bonchev–Trinajstić information content (AvgIpc) is 2.29. The third-order valence-corrected chi connectivity index (χ3v) is 3.41. The Bertz CT molecular complexity index is 543. The van der Waals surface area contributed by atoms with Crippen LogP contribution < -0.4 is 4.72 Å². The number of hydrogen-bond donors (Lipinski definition) is 2. The van der Waals surface area contributed by atoms with Gasteiger partial charge in [0.1, 0.15) is 6.20 Å². The Morgan fingerprint density at radius 1 is 1.56 bits per heavy atom. The molecule has 0 amide bonds. The molecule has 2 N–H and O–H groups in total. The second-order valence-electron chi connectivity index (χ2n) is 3.59. The molecule has 100 valence electrons. The molecule has 0 saturated heterocycles. The van der Waals surface area contributed by atoms with Gasteiger partial charge in [0.25, 0.3) is 5.69 Å². The smallest absolute Gasteiger partial charge is 0.291 e. The molecule has 0 fully saturated rings. The van der Waals surface area contributed by atoms with Gasteiger partial charge in [0.2, 0.25) is 10.0 Å². The number of sulfonamides is 1. The van der Waals surface area contributed by atoms with E-state index in [9.17, 15) is 23.6 Å². The zero-order valence-electron chi connectivity index (χ0n) is 9.66. The van der Waals surface area contributed by atoms with Crippen molar-refractivity contribution in [1.29, 1.82) is 0 Å². The normalized spacial score (nSPS) is 11.2. The molecule has 0 aliphatic rings. The molecule has 0 saturated carbocycles. The molecule has 8 nitrogen and oxygen atoms in total. The van der Waals surface area contributed by atoms with Gasteiger partial charge in [0.05, 0.1) is 16.7 Å². The highest BCUT2D eigenvalue weighted by Crippen LogP contribution is 2.25. The Morgan fingerprint density at radius 3 is 2.72 bits per heavy atom. The van der Waals surface area contributed by atoms with E-state index in [1.165, 1.54) is 0 Å². The van der Waals surface area contributed by atoms with Crippen LogP contribution in [0.3, 0.4) is 0 Å². The summed E-state index contributed by atoms with van der Waals surface area (Å²) < 4.78 is 25.1. The molecule has 1 rings (SSSR count). The van der Waals surface area contributed by atoms with Crippen molar-refractivity contribution < 1.29 is 18.4 Å². The van der Waals surface area contributed by atoms with Crippen LogP contribution in [0.2, 0.25) is 0 Å². The average molecular weight is 275 g/mol. The van der Waals surface area contributed by atoms with Gasteiger partial charge in [-0.2, -0.15) is 0 Å². The highest BCUT2D eigenvalue weighted by Gasteiger charge is 2.16. The van der Waals surface area contributed by atoms with Crippen molar-refractivity contribution in [3.63, 3.8) is 0 Å². The fourth-order valence-corrected chi connectivity index (χ4v) is 2.38. The molecular weight excluding hydrogens is 262 g/mol. The van der Waals surface area contributed by atoms with Crippen LogP contribution in [0.4, 0.5) is 11.5 Å². The van der Waals surface area contributed by atoms with Gasteiger partial charge in [-0.3, -0.25) is 14.8 Å². The van der Waals surface area contributed by atoms with Crippen LogP contribution in [0, 0.1) is 10.1 Å². The topological polar surface area (TPSA) is 122 Å². The number of rotatable bonds is 6. The third kappa shape index (κ3) is 3.84. The van der Waals surface area contributed by atoms with E-state index >= 15 is 0 Å². The van der Waals surface area contributed by atoms with E-state index < -0.39 is 26.4 Å². The fourth-order valence-electron chi connectivity index (χ4n) is 1.15.